The second-order valence-corrected chi connectivity index (χ2v) is 5.85. The fourth-order valence-electron chi connectivity index (χ4n) is 2.64. The van der Waals surface area contributed by atoms with Crippen LogP contribution < -0.4 is 11.0 Å². The number of nitrogens with zero attached hydrogens (tertiary/aromatic N) is 6. The number of H-pyrrole nitrogens is 2. The summed E-state index contributed by atoms with van der Waals surface area (Å²) in [6.07, 6.45) is 1.56. The van der Waals surface area contributed by atoms with Crippen LogP contribution in [-0.2, 0) is 0 Å². The maximum absolute atomic E-state index is 12.2. The number of hydrogen-bond acceptors (Lipinski definition) is 8. The smallest absolute Gasteiger partial charge is 0.270 e. The molecule has 10 nitrogen and oxygen atoms in total. The van der Waals surface area contributed by atoms with E-state index in [0.29, 0.717) is 11.4 Å². The van der Waals surface area contributed by atoms with Crippen molar-refractivity contribution >= 4 is 12.2 Å². The lowest BCUT2D eigenvalue weighted by molar-refractivity contribution is 0.881. The third kappa shape index (κ3) is 3.88. The summed E-state index contributed by atoms with van der Waals surface area (Å²) in [5.74, 6) is 0.595. The van der Waals surface area contributed by atoms with E-state index in [1.54, 1.807) is 30.5 Å². The number of anilines is 1. The van der Waals surface area contributed by atoms with Crippen molar-refractivity contribution in [1.29, 1.82) is 5.26 Å². The second-order valence-electron chi connectivity index (χ2n) is 5.85. The molecular weight excluding hydrogens is 370 g/mol. The summed E-state index contributed by atoms with van der Waals surface area (Å²) in [5, 5.41) is 27.2. The zero-order valence-electron chi connectivity index (χ0n) is 14.9. The number of hydrogen-bond donors (Lipinski definition) is 3. The number of tetrazole rings is 1. The Morgan fingerprint density at radius 3 is 2.69 bits per heavy atom. The molecule has 29 heavy (non-hydrogen) atoms. The Labute approximate surface area is 164 Å². The highest BCUT2D eigenvalue weighted by molar-refractivity contribution is 5.82. The second kappa shape index (κ2) is 7.93. The lowest BCUT2D eigenvalue weighted by Crippen LogP contribution is -2.16. The molecule has 0 atom stereocenters. The quantitative estimate of drug-likeness (QED) is 0.352. The molecule has 2 heterocycles. The van der Waals surface area contributed by atoms with E-state index >= 15 is 0 Å². The van der Waals surface area contributed by atoms with Crippen LogP contribution in [0.3, 0.4) is 0 Å². The van der Waals surface area contributed by atoms with Crippen LogP contribution >= 0.6 is 0 Å². The molecule has 0 aliphatic rings. The molecule has 0 radical (unpaired) electrons. The van der Waals surface area contributed by atoms with Crippen LogP contribution in [0.2, 0.25) is 0 Å². The van der Waals surface area contributed by atoms with Crippen molar-refractivity contribution in [2.45, 2.75) is 0 Å². The Morgan fingerprint density at radius 1 is 1.10 bits per heavy atom. The highest BCUT2D eigenvalue weighted by atomic mass is 16.1. The summed E-state index contributed by atoms with van der Waals surface area (Å²) in [7, 11) is 0. The van der Waals surface area contributed by atoms with Crippen LogP contribution in [0.1, 0.15) is 11.1 Å². The lowest BCUT2D eigenvalue weighted by atomic mass is 10.1. The minimum absolute atomic E-state index is 0.0569. The zero-order chi connectivity index (χ0) is 20.1. The van der Waals surface area contributed by atoms with Gasteiger partial charge < -0.3 is 0 Å². The van der Waals surface area contributed by atoms with Gasteiger partial charge in [0.1, 0.15) is 11.6 Å². The van der Waals surface area contributed by atoms with Crippen LogP contribution in [0, 0.1) is 11.3 Å². The molecule has 0 spiro atoms. The van der Waals surface area contributed by atoms with Gasteiger partial charge >= 0.3 is 0 Å². The third-order valence-electron chi connectivity index (χ3n) is 3.95. The van der Waals surface area contributed by atoms with Gasteiger partial charge in [-0.15, -0.1) is 10.2 Å². The summed E-state index contributed by atoms with van der Waals surface area (Å²) >= 11 is 0. The SMILES string of the molecule is N#Cc1c(-c2ccccc2)nc(NN=Cc2cccc(-c3nn[nH]n3)c2)[nH]c1=O. The van der Waals surface area contributed by atoms with Gasteiger partial charge in [0.15, 0.2) is 0 Å². The number of aromatic amines is 2. The first-order chi connectivity index (χ1) is 14.2. The molecule has 10 heteroatoms. The van der Waals surface area contributed by atoms with E-state index in [4.69, 9.17) is 0 Å². The van der Waals surface area contributed by atoms with E-state index < -0.39 is 5.56 Å². The molecule has 0 amide bonds. The molecule has 0 fully saturated rings. The number of nitrogens with one attached hydrogen (secondary N) is 3. The van der Waals surface area contributed by atoms with Crippen molar-refractivity contribution < 1.29 is 0 Å². The van der Waals surface area contributed by atoms with Gasteiger partial charge in [0.25, 0.3) is 5.56 Å². The summed E-state index contributed by atoms with van der Waals surface area (Å²) in [6, 6.07) is 18.3. The van der Waals surface area contributed by atoms with Crippen molar-refractivity contribution in [2.24, 2.45) is 5.10 Å². The largest absolute Gasteiger partial charge is 0.290 e. The first-order valence-electron chi connectivity index (χ1n) is 8.47. The topological polar surface area (TPSA) is 148 Å². The van der Waals surface area contributed by atoms with Crippen molar-refractivity contribution in [3.63, 3.8) is 0 Å². The Kier molecular flexibility index (Phi) is 4.85. The van der Waals surface area contributed by atoms with Crippen LogP contribution in [0.25, 0.3) is 22.6 Å². The third-order valence-corrected chi connectivity index (χ3v) is 3.95. The number of hydrazone groups is 1. The van der Waals surface area contributed by atoms with Crippen molar-refractivity contribution in [2.75, 3.05) is 5.43 Å². The molecule has 0 unspecified atom stereocenters. The summed E-state index contributed by atoms with van der Waals surface area (Å²) < 4.78 is 0. The molecule has 3 N–H and O–H groups in total. The van der Waals surface area contributed by atoms with Gasteiger partial charge in [0, 0.05) is 11.1 Å². The number of rotatable bonds is 5. The van der Waals surface area contributed by atoms with E-state index in [1.165, 1.54) is 0 Å². The average molecular weight is 383 g/mol. The fraction of sp³-hybridized carbons (Fsp3) is 0. The van der Waals surface area contributed by atoms with Gasteiger partial charge in [0.2, 0.25) is 11.8 Å². The van der Waals surface area contributed by atoms with E-state index in [0.717, 1.165) is 11.1 Å². The minimum atomic E-state index is -0.543. The van der Waals surface area contributed by atoms with Gasteiger partial charge in [-0.2, -0.15) is 15.6 Å². The predicted molar refractivity (Wildman–Crippen MR) is 106 cm³/mol. The lowest BCUT2D eigenvalue weighted by Gasteiger charge is -2.06. The molecule has 0 aliphatic heterocycles. The van der Waals surface area contributed by atoms with E-state index in [9.17, 15) is 10.1 Å². The Bertz CT molecular complexity index is 1260. The molecule has 0 saturated heterocycles. The predicted octanol–water partition coefficient (Wildman–Crippen LogP) is 1.93. The van der Waals surface area contributed by atoms with Crippen molar-refractivity contribution in [3.05, 3.63) is 76.1 Å². The number of nitriles is 1. The van der Waals surface area contributed by atoms with Crippen LogP contribution in [0.4, 0.5) is 5.95 Å². The average Bonchev–Trinajstić information content (AvgIpc) is 3.29. The molecule has 2 aromatic heterocycles. The Balaban J connectivity index is 1.59. The monoisotopic (exact) mass is 383 g/mol. The van der Waals surface area contributed by atoms with Crippen LogP contribution in [-0.4, -0.2) is 36.8 Å². The van der Waals surface area contributed by atoms with Gasteiger partial charge in [-0.1, -0.05) is 48.5 Å². The first kappa shape index (κ1) is 17.7. The number of aromatic nitrogens is 6. The molecular formula is C19H13N9O. The fourth-order valence-corrected chi connectivity index (χ4v) is 2.64. The molecule has 0 saturated carbocycles. The van der Waals surface area contributed by atoms with Crippen LogP contribution in [0.5, 0.6) is 0 Å². The summed E-state index contributed by atoms with van der Waals surface area (Å²) in [4.78, 5) is 19.1. The maximum Gasteiger partial charge on any atom is 0.270 e. The normalized spacial score (nSPS) is 10.7. The van der Waals surface area contributed by atoms with Crippen molar-refractivity contribution in [3.8, 4) is 28.7 Å². The molecule has 2 aromatic carbocycles. The van der Waals surface area contributed by atoms with Crippen molar-refractivity contribution in [1.82, 2.24) is 30.6 Å². The van der Waals surface area contributed by atoms with Gasteiger partial charge in [-0.25, -0.2) is 10.4 Å². The number of benzene rings is 2. The van der Waals surface area contributed by atoms with E-state index in [-0.39, 0.29) is 17.2 Å². The standard InChI is InChI=1S/C19H13N9O/c20-10-15-16(13-6-2-1-3-7-13)22-19(23-18(15)29)26-21-11-12-5-4-8-14(9-12)17-24-27-28-25-17/h1-9,11H,(H2,22,23,26,29)(H,24,25,27,28). The minimum Gasteiger partial charge on any atom is -0.290 e. The Morgan fingerprint density at radius 2 is 1.93 bits per heavy atom. The van der Waals surface area contributed by atoms with Gasteiger partial charge in [-0.3, -0.25) is 9.78 Å². The summed E-state index contributed by atoms with van der Waals surface area (Å²) in [6.45, 7) is 0. The van der Waals surface area contributed by atoms with E-state index in [2.05, 4.69) is 41.1 Å². The molecule has 4 aromatic rings. The molecule has 140 valence electrons. The first-order valence-corrected chi connectivity index (χ1v) is 8.47. The highest BCUT2D eigenvalue weighted by Gasteiger charge is 2.12. The van der Waals surface area contributed by atoms with Gasteiger partial charge in [0.05, 0.1) is 11.9 Å². The highest BCUT2D eigenvalue weighted by Crippen LogP contribution is 2.19. The molecule has 4 rings (SSSR count). The Hall–Kier alpha value is -4.65. The summed E-state index contributed by atoms with van der Waals surface area (Å²) in [5.41, 5.74) is 4.59. The zero-order valence-corrected chi connectivity index (χ0v) is 14.9. The van der Waals surface area contributed by atoms with Crippen LogP contribution in [0.15, 0.2) is 64.5 Å². The van der Waals surface area contributed by atoms with E-state index in [1.807, 2.05) is 36.4 Å². The molecule has 0 aliphatic carbocycles. The van der Waals surface area contributed by atoms with Gasteiger partial charge in [-0.05, 0) is 16.8 Å². The molecule has 0 bridgehead atoms. The maximum atomic E-state index is 12.2.